The molecule has 1 aromatic heterocycles. The van der Waals surface area contributed by atoms with Crippen LogP contribution in [0.25, 0.3) is 42.1 Å². The molecule has 9 aromatic rings. The number of rotatable bonds is 5. The number of para-hydroxylation sites is 1. The maximum absolute atomic E-state index is 2.43. The number of anilines is 3. The fourth-order valence-corrected chi connectivity index (χ4v) is 9.60. The first-order valence-corrected chi connectivity index (χ1v) is 17.7. The molecular weight excluding hydrogens is 611 g/mol. The average Bonchev–Trinajstić information content (AvgIpc) is 3.71. The Morgan fingerprint density at radius 2 is 0.918 bits per heavy atom. The van der Waals surface area contributed by atoms with Gasteiger partial charge in [-0.25, -0.2) is 0 Å². The van der Waals surface area contributed by atoms with Gasteiger partial charge in [0.2, 0.25) is 0 Å². The van der Waals surface area contributed by atoms with Crippen LogP contribution >= 0.6 is 11.3 Å². The summed E-state index contributed by atoms with van der Waals surface area (Å²) in [4.78, 5) is 2.43. The molecule has 0 saturated carbocycles. The Kier molecular flexibility index (Phi) is 6.34. The third-order valence-electron chi connectivity index (χ3n) is 10.3. The summed E-state index contributed by atoms with van der Waals surface area (Å²) in [5, 5.41) is 5.20. The fraction of sp³-hybridized carbons (Fsp3) is 0.0213. The first-order valence-electron chi connectivity index (χ1n) is 16.9. The summed E-state index contributed by atoms with van der Waals surface area (Å²) >= 11 is 1.90. The number of nitrogens with zero attached hydrogens (tertiary/aromatic N) is 1. The molecule has 1 heterocycles. The van der Waals surface area contributed by atoms with Crippen molar-refractivity contribution in [3.63, 3.8) is 0 Å². The molecule has 0 spiro atoms. The van der Waals surface area contributed by atoms with Gasteiger partial charge < -0.3 is 4.90 Å². The lowest BCUT2D eigenvalue weighted by Gasteiger charge is -2.34. The number of hydrogen-bond donors (Lipinski definition) is 0. The second-order valence-electron chi connectivity index (χ2n) is 12.8. The highest BCUT2D eigenvalue weighted by molar-refractivity contribution is 7.27. The first-order chi connectivity index (χ1) is 24.3. The monoisotopic (exact) mass is 641 g/mol. The zero-order valence-electron chi connectivity index (χ0n) is 26.8. The molecule has 0 aliphatic heterocycles. The molecule has 0 radical (unpaired) electrons. The maximum Gasteiger partial charge on any atom is 0.0713 e. The van der Waals surface area contributed by atoms with Crippen molar-refractivity contribution < 1.29 is 0 Å². The number of benzene rings is 8. The summed E-state index contributed by atoms with van der Waals surface area (Å²) in [5.74, 6) is 0. The predicted molar refractivity (Wildman–Crippen MR) is 209 cm³/mol. The quantitative estimate of drug-likeness (QED) is 0.181. The van der Waals surface area contributed by atoms with Crippen molar-refractivity contribution in [2.75, 3.05) is 4.90 Å². The van der Waals surface area contributed by atoms with Gasteiger partial charge >= 0.3 is 0 Å². The zero-order chi connectivity index (χ0) is 32.4. The van der Waals surface area contributed by atoms with E-state index in [1.165, 1.54) is 70.0 Å². The third-order valence-corrected chi connectivity index (χ3v) is 11.6. The Balaban J connectivity index is 1.19. The Bertz CT molecular complexity index is 2610. The standard InChI is InChI=1S/C47H31NS/c1-3-15-33(16-4-1)47(42-23-11-9-20-38(42)39-21-10-12-24-43(39)47)34-27-29-36(30-28-34)48(35-17-5-2-6-18-35)44-25-13-22-40-41-31-26-32-14-7-8-19-37(32)45(41)49-46(40)44/h1-31H. The van der Waals surface area contributed by atoms with Crippen molar-refractivity contribution in [1.29, 1.82) is 0 Å². The van der Waals surface area contributed by atoms with E-state index in [0.717, 1.165) is 11.4 Å². The van der Waals surface area contributed by atoms with Gasteiger partial charge in [0.25, 0.3) is 0 Å². The van der Waals surface area contributed by atoms with Gasteiger partial charge in [0.05, 0.1) is 15.8 Å². The van der Waals surface area contributed by atoms with Crippen molar-refractivity contribution in [1.82, 2.24) is 0 Å². The Labute approximate surface area is 290 Å². The van der Waals surface area contributed by atoms with Gasteiger partial charge in [-0.15, -0.1) is 11.3 Å². The van der Waals surface area contributed by atoms with Gasteiger partial charge in [0.15, 0.2) is 0 Å². The van der Waals surface area contributed by atoms with E-state index in [4.69, 9.17) is 0 Å². The van der Waals surface area contributed by atoms with Crippen LogP contribution in [0.5, 0.6) is 0 Å². The van der Waals surface area contributed by atoms with Crippen LogP contribution < -0.4 is 4.90 Å². The molecule has 0 amide bonds. The van der Waals surface area contributed by atoms with Crippen LogP contribution in [0.15, 0.2) is 188 Å². The van der Waals surface area contributed by atoms with Crippen molar-refractivity contribution in [2.24, 2.45) is 0 Å². The highest BCUT2D eigenvalue weighted by Gasteiger charge is 2.45. The molecular formula is C47H31NS. The third kappa shape index (κ3) is 4.11. The summed E-state index contributed by atoms with van der Waals surface area (Å²) < 4.78 is 2.63. The SMILES string of the molecule is c1ccc(N(c2ccc(C3(c4ccccc4)c4ccccc4-c4ccccc43)cc2)c2cccc3c2sc2c4ccccc4ccc32)cc1. The molecule has 0 atom stereocenters. The molecule has 2 heteroatoms. The van der Waals surface area contributed by atoms with Crippen LogP contribution in [-0.4, -0.2) is 0 Å². The molecule has 49 heavy (non-hydrogen) atoms. The van der Waals surface area contributed by atoms with Crippen LogP contribution in [-0.2, 0) is 5.41 Å². The molecule has 1 aliphatic carbocycles. The minimum atomic E-state index is -0.420. The molecule has 1 aliphatic rings. The second-order valence-corrected chi connectivity index (χ2v) is 13.9. The van der Waals surface area contributed by atoms with E-state index >= 15 is 0 Å². The smallest absolute Gasteiger partial charge is 0.0713 e. The molecule has 0 saturated heterocycles. The molecule has 10 rings (SSSR count). The van der Waals surface area contributed by atoms with E-state index in [0.29, 0.717) is 0 Å². The Hall–Kier alpha value is -5.96. The van der Waals surface area contributed by atoms with E-state index < -0.39 is 5.41 Å². The molecule has 1 nitrogen and oxygen atoms in total. The largest absolute Gasteiger partial charge is 0.309 e. The van der Waals surface area contributed by atoms with Gasteiger partial charge in [-0.2, -0.15) is 0 Å². The number of hydrogen-bond acceptors (Lipinski definition) is 2. The molecule has 0 unspecified atom stereocenters. The lowest BCUT2D eigenvalue weighted by atomic mass is 9.68. The van der Waals surface area contributed by atoms with E-state index in [1.807, 2.05) is 11.3 Å². The van der Waals surface area contributed by atoms with Crippen LogP contribution in [0.2, 0.25) is 0 Å². The van der Waals surface area contributed by atoms with Crippen LogP contribution in [0.3, 0.4) is 0 Å². The van der Waals surface area contributed by atoms with Crippen molar-refractivity contribution in [2.45, 2.75) is 5.41 Å². The summed E-state index contributed by atoms with van der Waals surface area (Å²) in [5.41, 5.74) is 10.9. The van der Waals surface area contributed by atoms with Crippen LogP contribution in [0, 0.1) is 0 Å². The van der Waals surface area contributed by atoms with Crippen LogP contribution in [0.1, 0.15) is 22.3 Å². The lowest BCUT2D eigenvalue weighted by molar-refractivity contribution is 0.768. The molecule has 8 aromatic carbocycles. The Morgan fingerprint density at radius 3 is 1.65 bits per heavy atom. The van der Waals surface area contributed by atoms with Gasteiger partial charge in [-0.1, -0.05) is 158 Å². The normalized spacial score (nSPS) is 13.1. The summed E-state index contributed by atoms with van der Waals surface area (Å²) in [6.45, 7) is 0. The topological polar surface area (TPSA) is 3.24 Å². The maximum atomic E-state index is 2.43. The fourth-order valence-electron chi connectivity index (χ4n) is 8.26. The summed E-state index contributed by atoms with van der Waals surface area (Å²) in [7, 11) is 0. The molecule has 0 N–H and O–H groups in total. The van der Waals surface area contributed by atoms with Gasteiger partial charge in [0, 0.05) is 26.8 Å². The minimum Gasteiger partial charge on any atom is -0.309 e. The number of thiophene rings is 1. The zero-order valence-corrected chi connectivity index (χ0v) is 27.6. The highest BCUT2D eigenvalue weighted by Crippen LogP contribution is 2.56. The van der Waals surface area contributed by atoms with Gasteiger partial charge in [0.1, 0.15) is 0 Å². The average molecular weight is 642 g/mol. The molecule has 0 bridgehead atoms. The van der Waals surface area contributed by atoms with Crippen molar-refractivity contribution >= 4 is 59.3 Å². The molecule has 230 valence electrons. The minimum absolute atomic E-state index is 0.420. The van der Waals surface area contributed by atoms with Gasteiger partial charge in [-0.05, 0) is 74.5 Å². The van der Waals surface area contributed by atoms with Crippen molar-refractivity contribution in [3.8, 4) is 11.1 Å². The highest BCUT2D eigenvalue weighted by atomic mass is 32.1. The van der Waals surface area contributed by atoms with Crippen molar-refractivity contribution in [3.05, 3.63) is 210 Å². The van der Waals surface area contributed by atoms with E-state index in [1.54, 1.807) is 0 Å². The molecule has 0 fully saturated rings. The number of fused-ring (bicyclic) bond motifs is 8. The summed E-state index contributed by atoms with van der Waals surface area (Å²) in [6.07, 6.45) is 0. The van der Waals surface area contributed by atoms with Gasteiger partial charge in [-0.3, -0.25) is 0 Å². The van der Waals surface area contributed by atoms with E-state index in [2.05, 4.69) is 193 Å². The Morgan fingerprint density at radius 1 is 0.367 bits per heavy atom. The lowest BCUT2D eigenvalue weighted by Crippen LogP contribution is -2.28. The summed E-state index contributed by atoms with van der Waals surface area (Å²) in [6, 6.07) is 69.1. The second kappa shape index (κ2) is 11.1. The first kappa shape index (κ1) is 28.1. The van der Waals surface area contributed by atoms with E-state index in [-0.39, 0.29) is 0 Å². The van der Waals surface area contributed by atoms with E-state index in [9.17, 15) is 0 Å². The van der Waals surface area contributed by atoms with Crippen LogP contribution in [0.4, 0.5) is 17.1 Å². The predicted octanol–water partition coefficient (Wildman–Crippen LogP) is 13.0.